The zero-order chi connectivity index (χ0) is 27.7. The number of aliphatic hydroxyl groups is 1. The number of benzene rings is 2. The molecule has 3 aromatic rings. The molecule has 0 aliphatic carbocycles. The zero-order valence-electron chi connectivity index (χ0n) is 21.2. The maximum atomic E-state index is 13.7. The summed E-state index contributed by atoms with van der Waals surface area (Å²) in [6.07, 6.45) is -3.74. The summed E-state index contributed by atoms with van der Waals surface area (Å²) in [4.78, 5) is 21.4. The first-order valence-corrected chi connectivity index (χ1v) is 12.7. The van der Waals surface area contributed by atoms with Crippen LogP contribution in [0.3, 0.4) is 0 Å². The van der Waals surface area contributed by atoms with Crippen molar-refractivity contribution in [3.63, 3.8) is 0 Å². The van der Waals surface area contributed by atoms with Crippen molar-refractivity contribution in [2.24, 2.45) is 0 Å². The molecule has 39 heavy (non-hydrogen) atoms. The lowest BCUT2D eigenvalue weighted by Gasteiger charge is -2.40. The molecular weight excluding hydrogens is 520 g/mol. The number of ether oxygens (including phenoxy) is 1. The van der Waals surface area contributed by atoms with E-state index in [4.69, 9.17) is 4.52 Å². The summed E-state index contributed by atoms with van der Waals surface area (Å²) < 4.78 is 61.7. The minimum atomic E-state index is -4.80. The number of carbonyl (C=O) groups excluding carboxylic acids is 1. The van der Waals surface area contributed by atoms with Crippen LogP contribution in [-0.4, -0.2) is 69.7 Å². The maximum absolute atomic E-state index is 13.7. The quantitative estimate of drug-likeness (QED) is 0.449. The SMILES string of the molecule is Cc1cc(C2CC(c3nc(-c4cccc(F)c4)no3)CN(C(=O)N3CCC(O)CC3)C2)ccc1OC(F)(F)F. The van der Waals surface area contributed by atoms with Gasteiger partial charge in [0.05, 0.1) is 12.0 Å². The van der Waals surface area contributed by atoms with Gasteiger partial charge in [-0.3, -0.25) is 0 Å². The van der Waals surface area contributed by atoms with E-state index in [1.165, 1.54) is 25.1 Å². The highest BCUT2D eigenvalue weighted by Crippen LogP contribution is 2.38. The minimum absolute atomic E-state index is 0.185. The molecule has 1 aromatic heterocycles. The first kappa shape index (κ1) is 26.9. The van der Waals surface area contributed by atoms with Gasteiger partial charge in [0.25, 0.3) is 0 Å². The lowest BCUT2D eigenvalue weighted by atomic mass is 9.84. The molecule has 12 heteroatoms. The number of aromatic nitrogens is 2. The van der Waals surface area contributed by atoms with E-state index in [1.54, 1.807) is 34.1 Å². The summed E-state index contributed by atoms with van der Waals surface area (Å²) in [5, 5.41) is 13.9. The van der Waals surface area contributed by atoms with Crippen molar-refractivity contribution in [3.8, 4) is 17.1 Å². The van der Waals surface area contributed by atoms with Crippen LogP contribution in [0.15, 0.2) is 47.0 Å². The molecule has 2 unspecified atom stereocenters. The molecule has 0 spiro atoms. The summed E-state index contributed by atoms with van der Waals surface area (Å²) in [5.41, 5.74) is 1.53. The normalized spacial score (nSPS) is 20.8. The van der Waals surface area contributed by atoms with Crippen LogP contribution in [0.5, 0.6) is 5.75 Å². The van der Waals surface area contributed by atoms with Crippen molar-refractivity contribution in [1.29, 1.82) is 0 Å². The van der Waals surface area contributed by atoms with Gasteiger partial charge in [-0.05, 0) is 55.5 Å². The lowest BCUT2D eigenvalue weighted by Crippen LogP contribution is -2.51. The average molecular weight is 549 g/mol. The Hall–Kier alpha value is -3.67. The molecule has 8 nitrogen and oxygen atoms in total. The molecule has 2 fully saturated rings. The van der Waals surface area contributed by atoms with Crippen molar-refractivity contribution in [2.45, 2.75) is 50.5 Å². The van der Waals surface area contributed by atoms with Gasteiger partial charge in [-0.25, -0.2) is 9.18 Å². The number of rotatable bonds is 4. The number of alkyl halides is 3. The third-order valence-electron chi connectivity index (χ3n) is 7.23. The molecule has 2 aliphatic rings. The van der Waals surface area contributed by atoms with E-state index in [-0.39, 0.29) is 29.4 Å². The van der Waals surface area contributed by atoms with Crippen LogP contribution in [0.1, 0.15) is 48.1 Å². The van der Waals surface area contributed by atoms with E-state index in [1.807, 2.05) is 0 Å². The molecule has 5 rings (SSSR count). The molecule has 2 amide bonds. The maximum Gasteiger partial charge on any atom is 0.573 e. The highest BCUT2D eigenvalue weighted by Gasteiger charge is 2.37. The van der Waals surface area contributed by atoms with Crippen LogP contribution in [0.4, 0.5) is 22.4 Å². The topological polar surface area (TPSA) is 91.9 Å². The Labute approximate surface area is 222 Å². The summed E-state index contributed by atoms with van der Waals surface area (Å²) >= 11 is 0. The summed E-state index contributed by atoms with van der Waals surface area (Å²) in [6, 6.07) is 10.1. The molecule has 2 aliphatic heterocycles. The van der Waals surface area contributed by atoms with Crippen LogP contribution in [0, 0.1) is 12.7 Å². The first-order valence-electron chi connectivity index (χ1n) is 12.7. The van der Waals surface area contributed by atoms with Gasteiger partial charge in [0.2, 0.25) is 11.7 Å². The van der Waals surface area contributed by atoms with Gasteiger partial charge in [-0.1, -0.05) is 29.4 Å². The first-order chi connectivity index (χ1) is 18.6. The second-order valence-electron chi connectivity index (χ2n) is 10.1. The number of halogens is 4. The number of aliphatic hydroxyl groups excluding tert-OH is 1. The monoisotopic (exact) mass is 548 g/mol. The largest absolute Gasteiger partial charge is 0.573 e. The van der Waals surface area contributed by atoms with E-state index in [0.717, 1.165) is 5.56 Å². The second kappa shape index (κ2) is 10.8. The molecule has 1 N–H and O–H groups in total. The average Bonchev–Trinajstić information content (AvgIpc) is 3.40. The highest BCUT2D eigenvalue weighted by molar-refractivity contribution is 5.75. The third kappa shape index (κ3) is 6.32. The van der Waals surface area contributed by atoms with Gasteiger partial charge in [0.1, 0.15) is 11.6 Å². The Morgan fingerprint density at radius 3 is 2.51 bits per heavy atom. The van der Waals surface area contributed by atoms with Crippen molar-refractivity contribution in [1.82, 2.24) is 19.9 Å². The van der Waals surface area contributed by atoms with E-state index in [0.29, 0.717) is 62.5 Å². The third-order valence-corrected chi connectivity index (χ3v) is 7.23. The number of amides is 2. The Balaban J connectivity index is 1.42. The van der Waals surface area contributed by atoms with E-state index in [2.05, 4.69) is 14.9 Å². The zero-order valence-corrected chi connectivity index (χ0v) is 21.2. The van der Waals surface area contributed by atoms with Crippen LogP contribution in [0.25, 0.3) is 11.4 Å². The van der Waals surface area contributed by atoms with Crippen LogP contribution < -0.4 is 4.74 Å². The Kier molecular flexibility index (Phi) is 7.48. The summed E-state index contributed by atoms with van der Waals surface area (Å²) in [6.45, 7) is 3.04. The number of likely N-dealkylation sites (tertiary alicyclic amines) is 2. The number of nitrogens with zero attached hydrogens (tertiary/aromatic N) is 4. The molecular formula is C27H28F4N4O4. The van der Waals surface area contributed by atoms with E-state index < -0.39 is 18.3 Å². The van der Waals surface area contributed by atoms with E-state index >= 15 is 0 Å². The van der Waals surface area contributed by atoms with Crippen molar-refractivity contribution >= 4 is 6.03 Å². The predicted molar refractivity (Wildman–Crippen MR) is 131 cm³/mol. The van der Waals surface area contributed by atoms with Gasteiger partial charge < -0.3 is 24.2 Å². The number of hydrogen-bond acceptors (Lipinski definition) is 6. The number of aryl methyl sites for hydroxylation is 1. The highest BCUT2D eigenvalue weighted by atomic mass is 19.4. The summed E-state index contributed by atoms with van der Waals surface area (Å²) in [5.74, 6) is -0.794. The van der Waals surface area contributed by atoms with Gasteiger partial charge in [0, 0.05) is 37.7 Å². The summed E-state index contributed by atoms with van der Waals surface area (Å²) in [7, 11) is 0. The molecule has 2 saturated heterocycles. The van der Waals surface area contributed by atoms with Crippen molar-refractivity contribution < 1.29 is 36.7 Å². The predicted octanol–water partition coefficient (Wildman–Crippen LogP) is 5.23. The van der Waals surface area contributed by atoms with Gasteiger partial charge >= 0.3 is 12.4 Å². The molecule has 2 aromatic carbocycles. The number of piperidine rings is 2. The Morgan fingerprint density at radius 2 is 1.82 bits per heavy atom. The molecule has 208 valence electrons. The molecule has 2 atom stereocenters. The number of carbonyl (C=O) groups is 1. The van der Waals surface area contributed by atoms with Gasteiger partial charge in [-0.2, -0.15) is 4.98 Å². The van der Waals surface area contributed by atoms with Gasteiger partial charge in [0.15, 0.2) is 0 Å². The molecule has 0 radical (unpaired) electrons. The van der Waals surface area contributed by atoms with Gasteiger partial charge in [-0.15, -0.1) is 13.2 Å². The molecule has 0 bridgehead atoms. The fourth-order valence-electron chi connectivity index (χ4n) is 5.24. The Morgan fingerprint density at radius 1 is 1.08 bits per heavy atom. The molecule has 3 heterocycles. The smallest absolute Gasteiger partial charge is 0.406 e. The minimum Gasteiger partial charge on any atom is -0.406 e. The van der Waals surface area contributed by atoms with Crippen LogP contribution >= 0.6 is 0 Å². The molecule has 0 saturated carbocycles. The van der Waals surface area contributed by atoms with Crippen LogP contribution in [0.2, 0.25) is 0 Å². The Bertz CT molecular complexity index is 1320. The number of urea groups is 1. The number of hydrogen-bond donors (Lipinski definition) is 1. The second-order valence-corrected chi connectivity index (χ2v) is 10.1. The van der Waals surface area contributed by atoms with Crippen LogP contribution in [-0.2, 0) is 0 Å². The van der Waals surface area contributed by atoms with E-state index in [9.17, 15) is 27.5 Å². The standard InChI is InChI=1S/C27H28F4N4O4/c1-16-11-17(5-6-23(16)38-27(29,30)31)19-12-20(15-35(14-19)26(37)34-9-7-22(36)8-10-34)25-32-24(33-39-25)18-3-2-4-21(28)13-18/h2-6,11,13,19-20,22,36H,7-10,12,14-15H2,1H3. The fourth-order valence-corrected chi connectivity index (χ4v) is 5.24. The van der Waals surface area contributed by atoms with Crippen molar-refractivity contribution in [2.75, 3.05) is 26.2 Å². The lowest BCUT2D eigenvalue weighted by molar-refractivity contribution is -0.274. The fraction of sp³-hybridized carbons (Fsp3) is 0.444. The van der Waals surface area contributed by atoms with Crippen molar-refractivity contribution in [3.05, 3.63) is 65.3 Å².